The number of nitrogens with one attached hydrogen (secondary N) is 1. The molecule has 23 heavy (non-hydrogen) atoms. The van der Waals surface area contributed by atoms with Crippen LogP contribution in [0.15, 0.2) is 18.2 Å². The first-order chi connectivity index (χ1) is 11.2. The van der Waals surface area contributed by atoms with Crippen LogP contribution in [0, 0.1) is 18.8 Å². The zero-order valence-corrected chi connectivity index (χ0v) is 14.0. The Kier molecular flexibility index (Phi) is 5.06. The number of methoxy groups -OCH3 is 1. The quantitative estimate of drug-likeness (QED) is 0.920. The number of aryl methyl sites for hydroxylation is 1. The molecule has 2 heterocycles. The van der Waals surface area contributed by atoms with Crippen molar-refractivity contribution in [3.05, 3.63) is 23.8 Å². The van der Waals surface area contributed by atoms with E-state index in [1.54, 1.807) is 7.11 Å². The third-order valence-electron chi connectivity index (χ3n) is 5.04. The van der Waals surface area contributed by atoms with Gasteiger partial charge in [-0.1, -0.05) is 6.07 Å². The van der Waals surface area contributed by atoms with Crippen LogP contribution in [0.1, 0.15) is 18.4 Å². The molecule has 5 nitrogen and oxygen atoms in total. The molecule has 2 fully saturated rings. The van der Waals surface area contributed by atoms with Crippen molar-refractivity contribution in [3.8, 4) is 11.5 Å². The van der Waals surface area contributed by atoms with Crippen molar-refractivity contribution in [1.82, 2.24) is 10.2 Å². The van der Waals surface area contributed by atoms with Gasteiger partial charge in [-0.05, 0) is 62.4 Å². The molecule has 0 bridgehead atoms. The van der Waals surface area contributed by atoms with E-state index in [1.807, 2.05) is 30.0 Å². The van der Waals surface area contributed by atoms with Crippen molar-refractivity contribution >= 4 is 5.91 Å². The first kappa shape index (κ1) is 16.1. The third kappa shape index (κ3) is 3.78. The second-order valence-corrected chi connectivity index (χ2v) is 6.58. The summed E-state index contributed by atoms with van der Waals surface area (Å²) >= 11 is 0. The number of hydrogen-bond acceptors (Lipinski definition) is 4. The highest BCUT2D eigenvalue weighted by Crippen LogP contribution is 2.29. The molecule has 2 aliphatic rings. The molecular formula is C18H26N2O3. The number of rotatable bonds is 4. The monoisotopic (exact) mass is 318 g/mol. The number of ether oxygens (including phenoxy) is 2. The molecule has 1 N–H and O–H groups in total. The Bertz CT molecular complexity index is 547. The van der Waals surface area contributed by atoms with Gasteiger partial charge in [-0.25, -0.2) is 0 Å². The van der Waals surface area contributed by atoms with Crippen LogP contribution in [-0.2, 0) is 4.79 Å². The van der Waals surface area contributed by atoms with E-state index in [1.165, 1.54) is 0 Å². The first-order valence-corrected chi connectivity index (χ1v) is 8.43. The highest BCUT2D eigenvalue weighted by Gasteiger charge is 2.31. The number of likely N-dealkylation sites (tertiary alicyclic amines) is 1. The second-order valence-electron chi connectivity index (χ2n) is 6.58. The lowest BCUT2D eigenvalue weighted by atomic mass is 9.92. The SMILES string of the molecule is COc1cc(C)ccc1OCC(=O)N1CC[C@@H]2CNC[C@@H]2CC1. The number of benzene rings is 1. The van der Waals surface area contributed by atoms with E-state index >= 15 is 0 Å². The Hall–Kier alpha value is -1.75. The standard InChI is InChI=1S/C18H26N2O3/c1-13-3-4-16(17(9-13)22-2)23-12-18(21)20-7-5-14-10-19-11-15(14)6-8-20/h3-4,9,14-15,19H,5-8,10-12H2,1-2H3/t14-,15+. The van der Waals surface area contributed by atoms with Crippen LogP contribution in [0.2, 0.25) is 0 Å². The van der Waals surface area contributed by atoms with Crippen LogP contribution in [0.4, 0.5) is 0 Å². The van der Waals surface area contributed by atoms with E-state index < -0.39 is 0 Å². The molecule has 0 aromatic heterocycles. The molecule has 0 saturated carbocycles. The largest absolute Gasteiger partial charge is 0.493 e. The lowest BCUT2D eigenvalue weighted by Gasteiger charge is -2.21. The summed E-state index contributed by atoms with van der Waals surface area (Å²) in [5.74, 6) is 2.83. The van der Waals surface area contributed by atoms with Gasteiger partial charge in [0.15, 0.2) is 18.1 Å². The molecule has 126 valence electrons. The highest BCUT2D eigenvalue weighted by atomic mass is 16.5. The van der Waals surface area contributed by atoms with Crippen molar-refractivity contribution in [1.29, 1.82) is 0 Å². The predicted molar refractivity (Wildman–Crippen MR) is 88.9 cm³/mol. The van der Waals surface area contributed by atoms with Crippen LogP contribution in [0.25, 0.3) is 0 Å². The van der Waals surface area contributed by atoms with Crippen molar-refractivity contribution < 1.29 is 14.3 Å². The number of carbonyl (C=O) groups excluding carboxylic acids is 1. The molecule has 2 atom stereocenters. The summed E-state index contributed by atoms with van der Waals surface area (Å²) in [6, 6.07) is 5.74. The van der Waals surface area contributed by atoms with Crippen LogP contribution in [0.3, 0.4) is 0 Å². The van der Waals surface area contributed by atoms with Crippen molar-refractivity contribution in [3.63, 3.8) is 0 Å². The van der Waals surface area contributed by atoms with Gasteiger partial charge in [0.25, 0.3) is 5.91 Å². The summed E-state index contributed by atoms with van der Waals surface area (Å²) in [6.45, 7) is 5.97. The molecule has 0 aliphatic carbocycles. The van der Waals surface area contributed by atoms with Gasteiger partial charge in [0.2, 0.25) is 0 Å². The Morgan fingerprint density at radius 2 is 1.91 bits per heavy atom. The van der Waals surface area contributed by atoms with Gasteiger partial charge in [-0.15, -0.1) is 0 Å². The van der Waals surface area contributed by atoms with Gasteiger partial charge in [0.05, 0.1) is 7.11 Å². The Morgan fingerprint density at radius 3 is 2.57 bits per heavy atom. The molecule has 2 saturated heterocycles. The topological polar surface area (TPSA) is 50.8 Å². The predicted octanol–water partition coefficient (Wildman–Crippen LogP) is 1.84. The molecule has 0 radical (unpaired) electrons. The van der Waals surface area contributed by atoms with E-state index in [4.69, 9.17) is 9.47 Å². The smallest absolute Gasteiger partial charge is 0.260 e. The molecule has 1 amide bonds. The van der Waals surface area contributed by atoms with Gasteiger partial charge in [0, 0.05) is 13.1 Å². The maximum Gasteiger partial charge on any atom is 0.260 e. The molecule has 1 aromatic carbocycles. The fraction of sp³-hybridized carbons (Fsp3) is 0.611. The summed E-state index contributed by atoms with van der Waals surface area (Å²) < 4.78 is 11.0. The number of carbonyl (C=O) groups is 1. The minimum atomic E-state index is 0.0700. The highest BCUT2D eigenvalue weighted by molar-refractivity contribution is 5.77. The second kappa shape index (κ2) is 7.21. The normalized spacial score (nSPS) is 24.0. The zero-order chi connectivity index (χ0) is 16.2. The number of fused-ring (bicyclic) bond motifs is 1. The minimum absolute atomic E-state index is 0.0700. The fourth-order valence-corrected chi connectivity index (χ4v) is 3.59. The molecule has 1 aromatic rings. The lowest BCUT2D eigenvalue weighted by molar-refractivity contribution is -0.133. The van der Waals surface area contributed by atoms with Gasteiger partial charge in [-0.2, -0.15) is 0 Å². The van der Waals surface area contributed by atoms with Gasteiger partial charge in [0.1, 0.15) is 0 Å². The Balaban J connectivity index is 1.55. The van der Waals surface area contributed by atoms with E-state index in [2.05, 4.69) is 5.32 Å². The van der Waals surface area contributed by atoms with E-state index in [0.29, 0.717) is 11.5 Å². The number of hydrogen-bond donors (Lipinski definition) is 1. The lowest BCUT2D eigenvalue weighted by Crippen LogP contribution is -2.36. The first-order valence-electron chi connectivity index (χ1n) is 8.43. The van der Waals surface area contributed by atoms with E-state index in [-0.39, 0.29) is 12.5 Å². The number of nitrogens with zero attached hydrogens (tertiary/aromatic N) is 1. The average Bonchev–Trinajstić information content (AvgIpc) is 2.91. The van der Waals surface area contributed by atoms with E-state index in [0.717, 1.165) is 56.4 Å². The molecule has 0 unspecified atom stereocenters. The summed E-state index contributed by atoms with van der Waals surface area (Å²) in [5.41, 5.74) is 1.10. The Labute approximate surface area is 137 Å². The van der Waals surface area contributed by atoms with Gasteiger partial charge in [-0.3, -0.25) is 4.79 Å². The minimum Gasteiger partial charge on any atom is -0.493 e. The summed E-state index contributed by atoms with van der Waals surface area (Å²) in [7, 11) is 1.62. The fourth-order valence-electron chi connectivity index (χ4n) is 3.59. The van der Waals surface area contributed by atoms with Gasteiger partial charge < -0.3 is 19.7 Å². The van der Waals surface area contributed by atoms with Crippen LogP contribution in [0.5, 0.6) is 11.5 Å². The van der Waals surface area contributed by atoms with Crippen LogP contribution >= 0.6 is 0 Å². The van der Waals surface area contributed by atoms with Crippen molar-refractivity contribution in [2.45, 2.75) is 19.8 Å². The maximum atomic E-state index is 12.5. The molecule has 3 rings (SSSR count). The summed E-state index contributed by atoms with van der Waals surface area (Å²) in [5, 5.41) is 3.46. The summed E-state index contributed by atoms with van der Waals surface area (Å²) in [6.07, 6.45) is 2.19. The molecular weight excluding hydrogens is 292 g/mol. The third-order valence-corrected chi connectivity index (χ3v) is 5.04. The number of amides is 1. The van der Waals surface area contributed by atoms with Crippen LogP contribution < -0.4 is 14.8 Å². The Morgan fingerprint density at radius 1 is 1.22 bits per heavy atom. The summed E-state index contributed by atoms with van der Waals surface area (Å²) in [4.78, 5) is 14.4. The molecule has 2 aliphatic heterocycles. The van der Waals surface area contributed by atoms with Crippen molar-refractivity contribution in [2.24, 2.45) is 11.8 Å². The van der Waals surface area contributed by atoms with E-state index in [9.17, 15) is 4.79 Å². The molecule has 0 spiro atoms. The average molecular weight is 318 g/mol. The van der Waals surface area contributed by atoms with Crippen LogP contribution in [-0.4, -0.2) is 50.7 Å². The van der Waals surface area contributed by atoms with Crippen molar-refractivity contribution in [2.75, 3.05) is 39.9 Å². The zero-order valence-electron chi connectivity index (χ0n) is 14.0. The molecule has 5 heteroatoms. The van der Waals surface area contributed by atoms with Gasteiger partial charge >= 0.3 is 0 Å². The maximum absolute atomic E-state index is 12.5.